The predicted octanol–water partition coefficient (Wildman–Crippen LogP) is 5.62. The molecule has 0 aliphatic carbocycles. The summed E-state index contributed by atoms with van der Waals surface area (Å²) in [4.78, 5) is 5.14. The molecule has 0 aromatic heterocycles. The van der Waals surface area contributed by atoms with E-state index in [4.69, 9.17) is 14.5 Å². The summed E-state index contributed by atoms with van der Waals surface area (Å²) in [6.45, 7) is 4.38. The van der Waals surface area contributed by atoms with E-state index in [1.165, 1.54) is 19.3 Å². The minimum absolute atomic E-state index is 0.0501. The smallest absolute Gasteiger partial charge is 0.162 e. The molecule has 0 bridgehead atoms. The lowest BCUT2D eigenvalue weighted by Crippen LogP contribution is -2.47. The Labute approximate surface area is 180 Å². The molecule has 0 saturated heterocycles. The van der Waals surface area contributed by atoms with E-state index in [1.807, 2.05) is 24.3 Å². The van der Waals surface area contributed by atoms with Gasteiger partial charge in [0, 0.05) is 23.7 Å². The maximum Gasteiger partial charge on any atom is 0.162 e. The minimum atomic E-state index is -0.387. The number of rotatable bonds is 9. The SMILES string of the molecule is CCCCCC[C@]1(C)N=C(c2ccc(OC)cc2)C[C@H](c2cccc(OC)c2O)N1. The van der Waals surface area contributed by atoms with Crippen LogP contribution in [-0.4, -0.2) is 30.7 Å². The van der Waals surface area contributed by atoms with Gasteiger partial charge in [-0.25, -0.2) is 0 Å². The number of hydrogen-bond acceptors (Lipinski definition) is 5. The van der Waals surface area contributed by atoms with Crippen LogP contribution in [0.3, 0.4) is 0 Å². The van der Waals surface area contributed by atoms with Crippen molar-refractivity contribution in [3.05, 3.63) is 53.6 Å². The highest BCUT2D eigenvalue weighted by molar-refractivity contribution is 6.01. The van der Waals surface area contributed by atoms with Crippen molar-refractivity contribution in [1.82, 2.24) is 5.32 Å². The van der Waals surface area contributed by atoms with Crippen LogP contribution in [0.1, 0.15) is 69.5 Å². The number of phenols is 1. The van der Waals surface area contributed by atoms with Crippen molar-refractivity contribution < 1.29 is 14.6 Å². The number of nitrogens with one attached hydrogen (secondary N) is 1. The van der Waals surface area contributed by atoms with E-state index in [0.717, 1.165) is 35.4 Å². The molecular weight excluding hydrogens is 376 g/mol. The molecule has 0 spiro atoms. The standard InChI is InChI=1S/C25H34N2O3/c1-5-6-7-8-16-25(2)26-21(18-12-14-19(29-3)15-13-18)17-22(27-25)20-10-9-11-23(30-4)24(20)28/h9-15,22,27-28H,5-8,16-17H2,1-4H3/t22-,25-/m1/s1. The van der Waals surface area contributed by atoms with Crippen LogP contribution in [0.5, 0.6) is 17.2 Å². The summed E-state index contributed by atoms with van der Waals surface area (Å²) >= 11 is 0. The number of phenolic OH excluding ortho intramolecular Hbond substituents is 1. The van der Waals surface area contributed by atoms with Gasteiger partial charge in [-0.2, -0.15) is 0 Å². The second-order valence-corrected chi connectivity index (χ2v) is 8.17. The van der Waals surface area contributed by atoms with Gasteiger partial charge >= 0.3 is 0 Å². The number of aromatic hydroxyl groups is 1. The second-order valence-electron chi connectivity index (χ2n) is 8.17. The first kappa shape index (κ1) is 22.2. The molecule has 1 heterocycles. The maximum atomic E-state index is 10.8. The van der Waals surface area contributed by atoms with Crippen LogP contribution in [0.4, 0.5) is 0 Å². The summed E-state index contributed by atoms with van der Waals surface area (Å²) in [7, 11) is 3.25. The Balaban J connectivity index is 1.93. The molecular formula is C25H34N2O3. The van der Waals surface area contributed by atoms with Gasteiger partial charge in [0.1, 0.15) is 11.4 Å². The van der Waals surface area contributed by atoms with Crippen LogP contribution >= 0.6 is 0 Å². The summed E-state index contributed by atoms with van der Waals surface area (Å²) in [5, 5.41) is 14.5. The quantitative estimate of drug-likeness (QED) is 0.527. The number of methoxy groups -OCH3 is 2. The predicted molar refractivity (Wildman–Crippen MR) is 122 cm³/mol. The average molecular weight is 411 g/mol. The zero-order valence-corrected chi connectivity index (χ0v) is 18.6. The lowest BCUT2D eigenvalue weighted by molar-refractivity contribution is 0.275. The lowest BCUT2D eigenvalue weighted by Gasteiger charge is -2.38. The molecule has 0 radical (unpaired) electrons. The monoisotopic (exact) mass is 410 g/mol. The number of aliphatic imine (C=N–C) groups is 1. The van der Waals surface area contributed by atoms with Crippen LogP contribution < -0.4 is 14.8 Å². The van der Waals surface area contributed by atoms with Gasteiger partial charge in [-0.15, -0.1) is 0 Å². The molecule has 2 atom stereocenters. The molecule has 30 heavy (non-hydrogen) atoms. The van der Waals surface area contributed by atoms with Crippen LogP contribution in [-0.2, 0) is 0 Å². The summed E-state index contributed by atoms with van der Waals surface area (Å²) in [5.41, 5.74) is 2.59. The van der Waals surface area contributed by atoms with Crippen LogP contribution in [0.2, 0.25) is 0 Å². The van der Waals surface area contributed by atoms with E-state index < -0.39 is 0 Å². The third kappa shape index (κ3) is 5.14. The van der Waals surface area contributed by atoms with Crippen molar-refractivity contribution in [3.63, 3.8) is 0 Å². The Morgan fingerprint density at radius 2 is 1.83 bits per heavy atom. The Hall–Kier alpha value is -2.53. The van der Waals surface area contributed by atoms with Crippen molar-refractivity contribution in [1.29, 1.82) is 0 Å². The molecule has 162 valence electrons. The highest BCUT2D eigenvalue weighted by Crippen LogP contribution is 2.39. The Morgan fingerprint density at radius 3 is 2.50 bits per heavy atom. The van der Waals surface area contributed by atoms with Gasteiger partial charge in [-0.1, -0.05) is 38.3 Å². The first-order valence-corrected chi connectivity index (χ1v) is 10.9. The topological polar surface area (TPSA) is 63.1 Å². The number of hydrogen-bond donors (Lipinski definition) is 2. The summed E-state index contributed by atoms with van der Waals surface area (Å²) < 4.78 is 10.6. The zero-order chi connectivity index (χ0) is 21.6. The Kier molecular flexibility index (Phi) is 7.38. The fraction of sp³-hybridized carbons (Fsp3) is 0.480. The molecule has 5 nitrogen and oxygen atoms in total. The molecule has 0 unspecified atom stereocenters. The van der Waals surface area contributed by atoms with Crippen molar-refractivity contribution in [2.24, 2.45) is 4.99 Å². The summed E-state index contributed by atoms with van der Waals surface area (Å²) in [6.07, 6.45) is 6.42. The number of para-hydroxylation sites is 1. The fourth-order valence-corrected chi connectivity index (χ4v) is 4.16. The van der Waals surface area contributed by atoms with Gasteiger partial charge < -0.3 is 14.6 Å². The lowest BCUT2D eigenvalue weighted by atomic mass is 9.90. The number of benzene rings is 2. The highest BCUT2D eigenvalue weighted by atomic mass is 16.5. The molecule has 0 saturated carbocycles. The molecule has 2 aromatic carbocycles. The van der Waals surface area contributed by atoms with E-state index in [0.29, 0.717) is 12.2 Å². The van der Waals surface area contributed by atoms with Crippen LogP contribution in [0.15, 0.2) is 47.5 Å². The van der Waals surface area contributed by atoms with E-state index in [1.54, 1.807) is 20.3 Å². The summed E-state index contributed by atoms with van der Waals surface area (Å²) in [6, 6.07) is 13.7. The molecule has 3 rings (SSSR count). The first-order chi connectivity index (χ1) is 14.5. The van der Waals surface area contributed by atoms with E-state index in [9.17, 15) is 5.11 Å². The van der Waals surface area contributed by atoms with Crippen LogP contribution in [0, 0.1) is 0 Å². The van der Waals surface area contributed by atoms with Gasteiger partial charge in [-0.3, -0.25) is 10.3 Å². The van der Waals surface area contributed by atoms with Crippen molar-refractivity contribution in [2.45, 2.75) is 64.1 Å². The largest absolute Gasteiger partial charge is 0.504 e. The van der Waals surface area contributed by atoms with Crippen molar-refractivity contribution in [3.8, 4) is 17.2 Å². The molecule has 0 amide bonds. The average Bonchev–Trinajstić information content (AvgIpc) is 2.76. The highest BCUT2D eigenvalue weighted by Gasteiger charge is 2.34. The fourth-order valence-electron chi connectivity index (χ4n) is 4.16. The maximum absolute atomic E-state index is 10.8. The second kappa shape index (κ2) is 9.98. The van der Waals surface area contributed by atoms with Gasteiger partial charge in [0.05, 0.1) is 14.2 Å². The van der Waals surface area contributed by atoms with E-state index in [2.05, 4.69) is 31.3 Å². The molecule has 2 aromatic rings. The van der Waals surface area contributed by atoms with Gasteiger partial charge in [0.2, 0.25) is 0 Å². The van der Waals surface area contributed by atoms with Gasteiger partial charge in [0.25, 0.3) is 0 Å². The third-order valence-corrected chi connectivity index (χ3v) is 5.83. The molecule has 0 fully saturated rings. The number of unbranched alkanes of at least 4 members (excludes halogenated alkanes) is 3. The van der Waals surface area contributed by atoms with E-state index in [-0.39, 0.29) is 17.5 Å². The van der Waals surface area contributed by atoms with Crippen molar-refractivity contribution in [2.75, 3.05) is 14.2 Å². The number of ether oxygens (including phenoxy) is 2. The molecule has 5 heteroatoms. The normalized spacial score (nSPS) is 21.2. The molecule has 1 aliphatic heterocycles. The Morgan fingerprint density at radius 1 is 1.07 bits per heavy atom. The van der Waals surface area contributed by atoms with Gasteiger partial charge in [-0.05, 0) is 55.7 Å². The van der Waals surface area contributed by atoms with E-state index >= 15 is 0 Å². The van der Waals surface area contributed by atoms with Crippen LogP contribution in [0.25, 0.3) is 0 Å². The summed E-state index contributed by atoms with van der Waals surface area (Å²) in [5.74, 6) is 1.52. The molecule has 2 N–H and O–H groups in total. The van der Waals surface area contributed by atoms with Gasteiger partial charge in [0.15, 0.2) is 11.5 Å². The zero-order valence-electron chi connectivity index (χ0n) is 18.6. The molecule has 1 aliphatic rings. The first-order valence-electron chi connectivity index (χ1n) is 10.9. The van der Waals surface area contributed by atoms with Crippen molar-refractivity contribution >= 4 is 5.71 Å². The third-order valence-electron chi connectivity index (χ3n) is 5.83. The number of nitrogens with zero attached hydrogens (tertiary/aromatic N) is 1. The minimum Gasteiger partial charge on any atom is -0.504 e. The Bertz CT molecular complexity index is 863.